The van der Waals surface area contributed by atoms with E-state index in [1.165, 1.54) is 12.8 Å². The quantitative estimate of drug-likeness (QED) is 0.805. The molecule has 8 nitrogen and oxygen atoms in total. The van der Waals surface area contributed by atoms with Crippen molar-refractivity contribution in [2.24, 2.45) is 7.05 Å². The number of aromatic nitrogens is 4. The summed E-state index contributed by atoms with van der Waals surface area (Å²) in [5.41, 5.74) is -0.0469. The lowest BCUT2D eigenvalue weighted by Gasteiger charge is -2.35. The van der Waals surface area contributed by atoms with Gasteiger partial charge < -0.3 is 19.3 Å². The van der Waals surface area contributed by atoms with Gasteiger partial charge in [0.1, 0.15) is 5.82 Å². The molecule has 0 atom stereocenters. The van der Waals surface area contributed by atoms with Gasteiger partial charge in [0.2, 0.25) is 5.95 Å². The summed E-state index contributed by atoms with van der Waals surface area (Å²) in [5.74, 6) is 2.33. The molecule has 0 N–H and O–H groups in total. The average Bonchev–Trinajstić information content (AvgIpc) is 3.19. The van der Waals surface area contributed by atoms with Gasteiger partial charge in [-0.2, -0.15) is 4.98 Å². The Morgan fingerprint density at radius 3 is 2.36 bits per heavy atom. The van der Waals surface area contributed by atoms with Crippen molar-refractivity contribution < 1.29 is 0 Å². The third-order valence-corrected chi connectivity index (χ3v) is 4.92. The van der Waals surface area contributed by atoms with E-state index in [9.17, 15) is 4.79 Å². The SMILES string of the molecule is Cn1ccnc(N2CCN(c3ccnc(N4CCCC4)n3)CC2)c1=O. The van der Waals surface area contributed by atoms with E-state index in [1.807, 2.05) is 12.3 Å². The zero-order chi connectivity index (χ0) is 17.2. The minimum atomic E-state index is -0.0469. The Hall–Kier alpha value is -2.64. The minimum absolute atomic E-state index is 0.0469. The maximum Gasteiger partial charge on any atom is 0.293 e. The molecule has 0 spiro atoms. The summed E-state index contributed by atoms with van der Waals surface area (Å²) >= 11 is 0. The predicted molar refractivity (Wildman–Crippen MR) is 97.4 cm³/mol. The predicted octanol–water partition coefficient (Wildman–Crippen LogP) is 0.497. The molecule has 8 heteroatoms. The normalized spacial score (nSPS) is 18.0. The van der Waals surface area contributed by atoms with Crippen LogP contribution in [0.1, 0.15) is 12.8 Å². The van der Waals surface area contributed by atoms with E-state index in [0.29, 0.717) is 5.82 Å². The Bertz CT molecular complexity index is 792. The molecule has 4 rings (SSSR count). The van der Waals surface area contributed by atoms with E-state index in [1.54, 1.807) is 24.0 Å². The Labute approximate surface area is 146 Å². The van der Waals surface area contributed by atoms with Gasteiger partial charge in [0.15, 0.2) is 5.82 Å². The molecular weight excluding hydrogens is 318 g/mol. The number of hydrogen-bond donors (Lipinski definition) is 0. The molecular formula is C17H23N7O. The molecule has 2 saturated heterocycles. The molecule has 0 saturated carbocycles. The van der Waals surface area contributed by atoms with Crippen LogP contribution >= 0.6 is 0 Å². The zero-order valence-electron chi connectivity index (χ0n) is 14.5. The molecule has 0 aromatic carbocycles. The first kappa shape index (κ1) is 15.9. The molecule has 2 fully saturated rings. The van der Waals surface area contributed by atoms with Gasteiger partial charge in [0.05, 0.1) is 0 Å². The van der Waals surface area contributed by atoms with E-state index in [4.69, 9.17) is 4.98 Å². The standard InChI is InChI=1S/C17H23N7O/c1-21-9-6-18-15(16(21)25)23-12-10-22(11-13-23)14-4-5-19-17(20-14)24-7-2-3-8-24/h4-6,9H,2-3,7-8,10-13H2,1H3. The first-order chi connectivity index (χ1) is 12.2. The summed E-state index contributed by atoms with van der Waals surface area (Å²) in [6.07, 6.45) is 7.63. The maximum absolute atomic E-state index is 12.2. The van der Waals surface area contributed by atoms with Crippen LogP contribution in [0.3, 0.4) is 0 Å². The summed E-state index contributed by atoms with van der Waals surface area (Å²) in [4.78, 5) is 32.2. The summed E-state index contributed by atoms with van der Waals surface area (Å²) < 4.78 is 1.57. The number of piperazine rings is 1. The van der Waals surface area contributed by atoms with Gasteiger partial charge in [0, 0.05) is 64.9 Å². The van der Waals surface area contributed by atoms with Crippen LogP contribution < -0.4 is 20.3 Å². The molecule has 0 aliphatic carbocycles. The van der Waals surface area contributed by atoms with Crippen molar-refractivity contribution in [2.75, 3.05) is 54.0 Å². The van der Waals surface area contributed by atoms with E-state index in [-0.39, 0.29) is 5.56 Å². The molecule has 0 amide bonds. The third kappa shape index (κ3) is 3.16. The van der Waals surface area contributed by atoms with Gasteiger partial charge in [-0.25, -0.2) is 9.97 Å². The molecule has 2 aliphatic rings. The Kier molecular flexibility index (Phi) is 4.25. The number of hydrogen-bond acceptors (Lipinski definition) is 7. The molecule has 25 heavy (non-hydrogen) atoms. The second-order valence-electron chi connectivity index (χ2n) is 6.55. The van der Waals surface area contributed by atoms with Crippen molar-refractivity contribution >= 4 is 17.6 Å². The van der Waals surface area contributed by atoms with E-state index in [2.05, 4.69) is 24.7 Å². The highest BCUT2D eigenvalue weighted by Gasteiger charge is 2.22. The van der Waals surface area contributed by atoms with Gasteiger partial charge in [-0.05, 0) is 18.9 Å². The van der Waals surface area contributed by atoms with Gasteiger partial charge in [-0.15, -0.1) is 0 Å². The van der Waals surface area contributed by atoms with Crippen molar-refractivity contribution in [1.82, 2.24) is 19.5 Å². The topological polar surface area (TPSA) is 70.4 Å². The van der Waals surface area contributed by atoms with Crippen molar-refractivity contribution in [3.8, 4) is 0 Å². The highest BCUT2D eigenvalue weighted by Crippen LogP contribution is 2.20. The lowest BCUT2D eigenvalue weighted by atomic mass is 10.3. The van der Waals surface area contributed by atoms with Crippen molar-refractivity contribution in [3.63, 3.8) is 0 Å². The second kappa shape index (κ2) is 6.70. The van der Waals surface area contributed by atoms with Crippen molar-refractivity contribution in [2.45, 2.75) is 12.8 Å². The third-order valence-electron chi connectivity index (χ3n) is 4.92. The summed E-state index contributed by atoms with van der Waals surface area (Å²) in [6, 6.07) is 1.97. The van der Waals surface area contributed by atoms with Gasteiger partial charge in [-0.3, -0.25) is 4.79 Å². The van der Waals surface area contributed by atoms with Gasteiger partial charge in [-0.1, -0.05) is 0 Å². The van der Waals surface area contributed by atoms with Gasteiger partial charge >= 0.3 is 0 Å². The lowest BCUT2D eigenvalue weighted by molar-refractivity contribution is 0.633. The smallest absolute Gasteiger partial charge is 0.293 e. The molecule has 132 valence electrons. The molecule has 2 aromatic rings. The highest BCUT2D eigenvalue weighted by molar-refractivity contribution is 5.47. The fraction of sp³-hybridized carbons (Fsp3) is 0.529. The lowest BCUT2D eigenvalue weighted by Crippen LogP contribution is -2.49. The van der Waals surface area contributed by atoms with Gasteiger partial charge in [0.25, 0.3) is 5.56 Å². The Balaban J connectivity index is 1.46. The van der Waals surface area contributed by atoms with Crippen LogP contribution in [-0.2, 0) is 7.05 Å². The van der Waals surface area contributed by atoms with Crippen LogP contribution in [0.25, 0.3) is 0 Å². The van der Waals surface area contributed by atoms with E-state index in [0.717, 1.165) is 51.0 Å². The minimum Gasteiger partial charge on any atom is -0.353 e. The molecule has 0 radical (unpaired) electrons. The van der Waals surface area contributed by atoms with Crippen molar-refractivity contribution in [3.05, 3.63) is 35.0 Å². The van der Waals surface area contributed by atoms with Crippen LogP contribution in [0.5, 0.6) is 0 Å². The van der Waals surface area contributed by atoms with Crippen LogP contribution in [-0.4, -0.2) is 58.8 Å². The average molecular weight is 341 g/mol. The molecule has 2 aliphatic heterocycles. The molecule has 4 heterocycles. The first-order valence-electron chi connectivity index (χ1n) is 8.82. The van der Waals surface area contributed by atoms with Crippen LogP contribution in [0.2, 0.25) is 0 Å². The van der Waals surface area contributed by atoms with Crippen LogP contribution in [0.4, 0.5) is 17.6 Å². The monoisotopic (exact) mass is 341 g/mol. The zero-order valence-corrected chi connectivity index (χ0v) is 14.5. The molecule has 0 unspecified atom stereocenters. The number of anilines is 3. The van der Waals surface area contributed by atoms with Crippen LogP contribution in [0.15, 0.2) is 29.5 Å². The summed E-state index contributed by atoms with van der Waals surface area (Å²) in [6.45, 7) is 5.23. The fourth-order valence-electron chi connectivity index (χ4n) is 3.43. The fourth-order valence-corrected chi connectivity index (χ4v) is 3.43. The Morgan fingerprint density at radius 2 is 1.60 bits per heavy atom. The molecule has 2 aromatic heterocycles. The van der Waals surface area contributed by atoms with Crippen LogP contribution in [0, 0.1) is 0 Å². The number of rotatable bonds is 3. The van der Waals surface area contributed by atoms with E-state index < -0.39 is 0 Å². The largest absolute Gasteiger partial charge is 0.353 e. The molecule has 0 bridgehead atoms. The number of nitrogens with zero attached hydrogens (tertiary/aromatic N) is 7. The number of aryl methyl sites for hydroxylation is 1. The summed E-state index contributed by atoms with van der Waals surface area (Å²) in [7, 11) is 1.75. The first-order valence-corrected chi connectivity index (χ1v) is 8.82. The maximum atomic E-state index is 12.2. The second-order valence-corrected chi connectivity index (χ2v) is 6.55. The van der Waals surface area contributed by atoms with E-state index >= 15 is 0 Å². The highest BCUT2D eigenvalue weighted by atomic mass is 16.1. The Morgan fingerprint density at radius 1 is 0.880 bits per heavy atom. The van der Waals surface area contributed by atoms with Crippen molar-refractivity contribution in [1.29, 1.82) is 0 Å². The summed E-state index contributed by atoms with van der Waals surface area (Å²) in [5, 5.41) is 0.